The fourth-order valence-corrected chi connectivity index (χ4v) is 4.27. The lowest BCUT2D eigenvalue weighted by Crippen LogP contribution is -2.30. The number of nitrogens with zero attached hydrogens (tertiary/aromatic N) is 1. The third kappa shape index (κ3) is 5.67. The van der Waals surface area contributed by atoms with E-state index in [1.54, 1.807) is 19.5 Å². The van der Waals surface area contributed by atoms with Crippen LogP contribution in [0.15, 0.2) is 73.1 Å². The van der Waals surface area contributed by atoms with Crippen LogP contribution in [0.3, 0.4) is 0 Å². The van der Waals surface area contributed by atoms with Gasteiger partial charge in [0.1, 0.15) is 0 Å². The number of methoxy groups -OCH3 is 1. The van der Waals surface area contributed by atoms with Crippen LogP contribution >= 0.6 is 0 Å². The molecule has 0 spiro atoms. The Balaban J connectivity index is 1.54. The molecular weight excluding hydrogens is 400 g/mol. The van der Waals surface area contributed by atoms with Gasteiger partial charge in [-0.15, -0.1) is 0 Å². The first-order valence-corrected chi connectivity index (χ1v) is 11.3. The van der Waals surface area contributed by atoms with Gasteiger partial charge in [-0.25, -0.2) is 0 Å². The number of amides is 1. The summed E-state index contributed by atoms with van der Waals surface area (Å²) >= 11 is 0. The maximum Gasteiger partial charge on any atom is 0.224 e. The molecule has 1 heterocycles. The molecule has 5 heteroatoms. The Kier molecular flexibility index (Phi) is 7.38. The Morgan fingerprint density at radius 2 is 1.75 bits per heavy atom. The minimum atomic E-state index is -0.0189. The van der Waals surface area contributed by atoms with Crippen molar-refractivity contribution < 1.29 is 14.3 Å². The zero-order valence-electron chi connectivity index (χ0n) is 18.5. The highest BCUT2D eigenvalue weighted by atomic mass is 16.5. The van der Waals surface area contributed by atoms with Gasteiger partial charge < -0.3 is 14.8 Å². The van der Waals surface area contributed by atoms with E-state index in [4.69, 9.17) is 9.47 Å². The molecule has 1 N–H and O–H groups in total. The first-order valence-electron chi connectivity index (χ1n) is 11.3. The lowest BCUT2D eigenvalue weighted by Gasteiger charge is -2.22. The van der Waals surface area contributed by atoms with Crippen molar-refractivity contribution in [1.29, 1.82) is 0 Å². The predicted octanol–water partition coefficient (Wildman–Crippen LogP) is 4.90. The summed E-state index contributed by atoms with van der Waals surface area (Å²) in [6.45, 7) is 0.491. The Morgan fingerprint density at radius 3 is 2.47 bits per heavy atom. The number of aromatic nitrogens is 1. The number of hydrogen-bond acceptors (Lipinski definition) is 4. The molecule has 1 aromatic heterocycles. The standard InChI is InChI=1S/C27H30N2O3/c1-31-25-12-11-22(18-26(25)32-23-9-5-6-10-23)24(21-13-15-28-16-14-21)19-29-27(30)17-20-7-3-2-4-8-20/h2-4,7-8,11-16,18,23-24H,5-6,9-10,17,19H2,1H3,(H,29,30). The van der Waals surface area contributed by atoms with E-state index in [0.29, 0.717) is 13.0 Å². The second kappa shape index (κ2) is 10.8. The monoisotopic (exact) mass is 430 g/mol. The quantitative estimate of drug-likeness (QED) is 0.524. The molecule has 1 saturated carbocycles. The van der Waals surface area contributed by atoms with Crippen molar-refractivity contribution in [2.24, 2.45) is 0 Å². The zero-order valence-corrected chi connectivity index (χ0v) is 18.5. The summed E-state index contributed by atoms with van der Waals surface area (Å²) in [5.41, 5.74) is 3.17. The molecule has 166 valence electrons. The maximum absolute atomic E-state index is 12.6. The van der Waals surface area contributed by atoms with Gasteiger partial charge in [-0.2, -0.15) is 0 Å². The summed E-state index contributed by atoms with van der Waals surface area (Å²) in [4.78, 5) is 16.8. The number of rotatable bonds is 9. The van der Waals surface area contributed by atoms with Crippen LogP contribution < -0.4 is 14.8 Å². The second-order valence-electron chi connectivity index (χ2n) is 8.23. The highest BCUT2D eigenvalue weighted by Gasteiger charge is 2.21. The van der Waals surface area contributed by atoms with E-state index in [1.165, 1.54) is 12.8 Å². The summed E-state index contributed by atoms with van der Waals surface area (Å²) in [6.07, 6.45) is 8.75. The first kappa shape index (κ1) is 21.9. The Labute approximate surface area is 189 Å². The van der Waals surface area contributed by atoms with E-state index < -0.39 is 0 Å². The molecule has 1 aliphatic carbocycles. The van der Waals surface area contributed by atoms with Crippen LogP contribution in [-0.4, -0.2) is 30.6 Å². The van der Waals surface area contributed by atoms with Gasteiger partial charge >= 0.3 is 0 Å². The number of carbonyl (C=O) groups excluding carboxylic acids is 1. The van der Waals surface area contributed by atoms with E-state index in [9.17, 15) is 4.79 Å². The summed E-state index contributed by atoms with van der Waals surface area (Å²) in [6, 6.07) is 19.9. The summed E-state index contributed by atoms with van der Waals surface area (Å²) in [7, 11) is 1.67. The molecule has 1 atom stereocenters. The lowest BCUT2D eigenvalue weighted by molar-refractivity contribution is -0.120. The highest BCUT2D eigenvalue weighted by molar-refractivity contribution is 5.78. The van der Waals surface area contributed by atoms with Crippen molar-refractivity contribution in [1.82, 2.24) is 10.3 Å². The van der Waals surface area contributed by atoms with E-state index in [1.807, 2.05) is 48.5 Å². The number of nitrogens with one attached hydrogen (secondary N) is 1. The Morgan fingerprint density at radius 1 is 1.00 bits per heavy atom. The molecule has 0 bridgehead atoms. The Bertz CT molecular complexity index is 1000. The van der Waals surface area contributed by atoms with E-state index in [2.05, 4.69) is 22.4 Å². The van der Waals surface area contributed by atoms with Gasteiger partial charge in [-0.05, 0) is 66.6 Å². The fraction of sp³-hybridized carbons (Fsp3) is 0.333. The van der Waals surface area contributed by atoms with Crippen LogP contribution in [0.4, 0.5) is 0 Å². The van der Waals surface area contributed by atoms with Crippen molar-refractivity contribution in [3.8, 4) is 11.5 Å². The molecule has 1 fully saturated rings. The molecular formula is C27H30N2O3. The summed E-state index contributed by atoms with van der Waals surface area (Å²) < 4.78 is 11.9. The minimum Gasteiger partial charge on any atom is -0.493 e. The van der Waals surface area contributed by atoms with E-state index in [-0.39, 0.29) is 17.9 Å². The third-order valence-corrected chi connectivity index (χ3v) is 6.01. The van der Waals surface area contributed by atoms with Crippen LogP contribution in [0.5, 0.6) is 11.5 Å². The number of pyridine rings is 1. The van der Waals surface area contributed by atoms with Crippen molar-refractivity contribution >= 4 is 5.91 Å². The van der Waals surface area contributed by atoms with Gasteiger partial charge in [-0.3, -0.25) is 9.78 Å². The molecule has 3 aromatic rings. The molecule has 4 rings (SSSR count). The van der Waals surface area contributed by atoms with Gasteiger partial charge in [0.25, 0.3) is 0 Å². The van der Waals surface area contributed by atoms with Crippen LogP contribution in [0.25, 0.3) is 0 Å². The van der Waals surface area contributed by atoms with Crippen molar-refractivity contribution in [2.45, 2.75) is 44.1 Å². The average molecular weight is 431 g/mol. The maximum atomic E-state index is 12.6. The van der Waals surface area contributed by atoms with Crippen LogP contribution in [-0.2, 0) is 11.2 Å². The van der Waals surface area contributed by atoms with Gasteiger partial charge in [-0.1, -0.05) is 36.4 Å². The van der Waals surface area contributed by atoms with Crippen LogP contribution in [0.1, 0.15) is 48.3 Å². The molecule has 32 heavy (non-hydrogen) atoms. The topological polar surface area (TPSA) is 60.5 Å². The van der Waals surface area contributed by atoms with Gasteiger partial charge in [0.15, 0.2) is 11.5 Å². The number of benzene rings is 2. The number of carbonyl (C=O) groups is 1. The van der Waals surface area contributed by atoms with Gasteiger partial charge in [0, 0.05) is 24.9 Å². The largest absolute Gasteiger partial charge is 0.493 e. The molecule has 0 saturated heterocycles. The summed E-state index contributed by atoms with van der Waals surface area (Å²) in [5.74, 6) is 1.49. The fourth-order valence-electron chi connectivity index (χ4n) is 4.27. The number of ether oxygens (including phenoxy) is 2. The predicted molar refractivity (Wildman–Crippen MR) is 125 cm³/mol. The molecule has 0 aliphatic heterocycles. The summed E-state index contributed by atoms with van der Waals surface area (Å²) in [5, 5.41) is 3.12. The third-order valence-electron chi connectivity index (χ3n) is 6.01. The lowest BCUT2D eigenvalue weighted by atomic mass is 9.91. The van der Waals surface area contributed by atoms with Crippen LogP contribution in [0.2, 0.25) is 0 Å². The molecule has 1 amide bonds. The zero-order chi connectivity index (χ0) is 22.2. The Hall–Kier alpha value is -3.34. The van der Waals surface area contributed by atoms with Gasteiger partial charge in [0.2, 0.25) is 5.91 Å². The SMILES string of the molecule is COc1ccc(C(CNC(=O)Cc2ccccc2)c2ccncc2)cc1OC1CCCC1. The molecule has 0 radical (unpaired) electrons. The smallest absolute Gasteiger partial charge is 0.224 e. The molecule has 2 aromatic carbocycles. The molecule has 1 aliphatic rings. The van der Waals surface area contributed by atoms with E-state index >= 15 is 0 Å². The van der Waals surface area contributed by atoms with Crippen molar-refractivity contribution in [2.75, 3.05) is 13.7 Å². The second-order valence-corrected chi connectivity index (χ2v) is 8.23. The van der Waals surface area contributed by atoms with Gasteiger partial charge in [0.05, 0.1) is 19.6 Å². The molecule has 5 nitrogen and oxygen atoms in total. The van der Waals surface area contributed by atoms with E-state index in [0.717, 1.165) is 41.0 Å². The van der Waals surface area contributed by atoms with Crippen molar-refractivity contribution in [3.05, 3.63) is 89.7 Å². The average Bonchev–Trinajstić information content (AvgIpc) is 3.34. The van der Waals surface area contributed by atoms with Crippen molar-refractivity contribution in [3.63, 3.8) is 0 Å². The number of hydrogen-bond donors (Lipinski definition) is 1. The van der Waals surface area contributed by atoms with Crippen LogP contribution in [0, 0.1) is 0 Å². The highest BCUT2D eigenvalue weighted by Crippen LogP contribution is 2.35. The molecule has 1 unspecified atom stereocenters. The first-order chi connectivity index (χ1) is 15.7. The minimum absolute atomic E-state index is 0.00574. The normalized spacial score (nSPS) is 14.7.